The molecule has 0 aliphatic heterocycles. The van der Waals surface area contributed by atoms with Crippen molar-refractivity contribution in [3.05, 3.63) is 0 Å². The van der Waals surface area contributed by atoms with E-state index in [-0.39, 0.29) is 6.54 Å². The molecular formula is C5H9F2NO2S. The van der Waals surface area contributed by atoms with Crippen molar-refractivity contribution in [2.24, 2.45) is 0 Å². The van der Waals surface area contributed by atoms with Crippen LogP contribution in [0.25, 0.3) is 0 Å². The second-order valence-electron chi connectivity index (χ2n) is 1.86. The highest BCUT2D eigenvalue weighted by atomic mass is 32.2. The van der Waals surface area contributed by atoms with Gasteiger partial charge in [-0.1, -0.05) is 6.92 Å². The number of halogens is 2. The molecule has 0 aromatic heterocycles. The Balaban J connectivity index is 3.82. The van der Waals surface area contributed by atoms with Gasteiger partial charge in [-0.3, -0.25) is 4.79 Å². The van der Waals surface area contributed by atoms with Gasteiger partial charge in [-0.05, 0) is 6.42 Å². The number of carbonyl (C=O) groups excluding carboxylic acids is 1. The Hall–Kier alpha value is -0.360. The molecule has 0 radical (unpaired) electrons. The van der Waals surface area contributed by atoms with Gasteiger partial charge in [0.25, 0.3) is 0 Å². The van der Waals surface area contributed by atoms with Gasteiger partial charge in [0.15, 0.2) is 0 Å². The first-order valence-electron chi connectivity index (χ1n) is 3.03. The fourth-order valence-electron chi connectivity index (χ4n) is 0.383. The molecule has 0 aromatic rings. The molecule has 3 nitrogen and oxygen atoms in total. The van der Waals surface area contributed by atoms with Crippen LogP contribution in [0.5, 0.6) is 0 Å². The minimum absolute atomic E-state index is 0.189. The van der Waals surface area contributed by atoms with Crippen LogP contribution in [0.1, 0.15) is 13.3 Å². The number of hydrogen-bond donors (Lipinski definition) is 2. The van der Waals surface area contributed by atoms with Crippen molar-refractivity contribution in [2.75, 3.05) is 6.54 Å². The third-order valence-electron chi connectivity index (χ3n) is 0.915. The summed E-state index contributed by atoms with van der Waals surface area (Å²) in [4.78, 5) is 10.4. The molecule has 66 valence electrons. The Bertz CT molecular complexity index is 142. The molecular weight excluding hydrogens is 176 g/mol. The zero-order chi connectivity index (χ0) is 8.91. The molecule has 11 heavy (non-hydrogen) atoms. The summed E-state index contributed by atoms with van der Waals surface area (Å²) >= 11 is -0.760. The van der Waals surface area contributed by atoms with Crippen LogP contribution in [0.4, 0.5) is 8.78 Å². The van der Waals surface area contributed by atoms with E-state index in [1.165, 1.54) is 0 Å². The maximum Gasteiger partial charge on any atom is 0.394 e. The summed E-state index contributed by atoms with van der Waals surface area (Å²) in [7, 11) is 0. The Morgan fingerprint density at radius 3 is 2.64 bits per heavy atom. The van der Waals surface area contributed by atoms with E-state index in [0.717, 1.165) is 0 Å². The number of hydrogen-bond acceptors (Lipinski definition) is 3. The fraction of sp³-hybridized carbons (Fsp3) is 0.800. The maximum absolute atomic E-state index is 12.2. The van der Waals surface area contributed by atoms with Crippen LogP contribution in [0.2, 0.25) is 0 Å². The summed E-state index contributed by atoms with van der Waals surface area (Å²) < 4.78 is 32.3. The molecule has 0 atom stereocenters. The van der Waals surface area contributed by atoms with E-state index in [9.17, 15) is 13.6 Å². The summed E-state index contributed by atoms with van der Waals surface area (Å²) in [6.45, 7) is 1.93. The molecule has 0 aliphatic carbocycles. The van der Waals surface area contributed by atoms with E-state index in [1.54, 1.807) is 6.92 Å². The zero-order valence-electron chi connectivity index (χ0n) is 5.93. The predicted molar refractivity (Wildman–Crippen MR) is 38.5 cm³/mol. The highest BCUT2D eigenvalue weighted by molar-refractivity contribution is 7.95. The first-order chi connectivity index (χ1) is 5.04. The molecule has 1 amide bonds. The van der Waals surface area contributed by atoms with Gasteiger partial charge in [-0.15, -0.1) is 0 Å². The zero-order valence-corrected chi connectivity index (χ0v) is 6.75. The Labute approximate surface area is 67.4 Å². The van der Waals surface area contributed by atoms with Crippen molar-refractivity contribution in [2.45, 2.75) is 18.6 Å². The fourth-order valence-corrected chi connectivity index (χ4v) is 0.538. The lowest BCUT2D eigenvalue weighted by atomic mass is 10.5. The monoisotopic (exact) mass is 185 g/mol. The van der Waals surface area contributed by atoms with Crippen LogP contribution < -0.4 is 5.32 Å². The standard InChI is InChI=1S/C5H9F2NO2S/c1-2-3-8-4(9)5(6,7)11-10/h10H,2-3H2,1H3,(H,8,9). The molecule has 6 heteroatoms. The van der Waals surface area contributed by atoms with E-state index < -0.39 is 23.2 Å². The van der Waals surface area contributed by atoms with Crippen molar-refractivity contribution in [1.29, 1.82) is 0 Å². The van der Waals surface area contributed by atoms with Crippen LogP contribution in [-0.2, 0) is 4.79 Å². The predicted octanol–water partition coefficient (Wildman–Crippen LogP) is 1.31. The topological polar surface area (TPSA) is 49.3 Å². The Morgan fingerprint density at radius 2 is 2.27 bits per heavy atom. The quantitative estimate of drug-likeness (QED) is 0.649. The molecule has 0 rings (SSSR count). The normalized spacial score (nSPS) is 11.3. The van der Waals surface area contributed by atoms with Gasteiger partial charge in [-0.25, -0.2) is 0 Å². The largest absolute Gasteiger partial charge is 0.394 e. The van der Waals surface area contributed by atoms with Crippen LogP contribution in [0, 0.1) is 0 Å². The van der Waals surface area contributed by atoms with Crippen LogP contribution in [0.15, 0.2) is 0 Å². The number of rotatable bonds is 4. The molecule has 0 heterocycles. The van der Waals surface area contributed by atoms with Gasteiger partial charge in [0, 0.05) is 6.54 Å². The summed E-state index contributed by atoms with van der Waals surface area (Å²) in [5.41, 5.74) is 0. The van der Waals surface area contributed by atoms with Crippen LogP contribution in [0.3, 0.4) is 0 Å². The highest BCUT2D eigenvalue weighted by Gasteiger charge is 2.39. The molecule has 0 unspecified atom stereocenters. The van der Waals surface area contributed by atoms with E-state index in [2.05, 4.69) is 0 Å². The SMILES string of the molecule is CCCNC(=O)C(F)(F)SO. The molecule has 0 aliphatic rings. The lowest BCUT2D eigenvalue weighted by Gasteiger charge is -2.10. The number of amides is 1. The Kier molecular flexibility index (Phi) is 4.36. The van der Waals surface area contributed by atoms with E-state index in [4.69, 9.17) is 4.55 Å². The minimum atomic E-state index is -3.73. The highest BCUT2D eigenvalue weighted by Crippen LogP contribution is 2.25. The number of carbonyl (C=O) groups is 1. The smallest absolute Gasteiger partial charge is 0.350 e. The average Bonchev–Trinajstić information content (AvgIpc) is 2.00. The average molecular weight is 185 g/mol. The van der Waals surface area contributed by atoms with Crippen molar-refractivity contribution >= 4 is 17.9 Å². The summed E-state index contributed by atoms with van der Waals surface area (Å²) in [5.74, 6) is -1.45. The second kappa shape index (κ2) is 4.50. The van der Waals surface area contributed by atoms with Crippen molar-refractivity contribution in [3.63, 3.8) is 0 Å². The lowest BCUT2D eigenvalue weighted by molar-refractivity contribution is -0.135. The first kappa shape index (κ1) is 10.6. The van der Waals surface area contributed by atoms with Crippen molar-refractivity contribution in [1.82, 2.24) is 5.32 Å². The van der Waals surface area contributed by atoms with Gasteiger partial charge >= 0.3 is 11.2 Å². The maximum atomic E-state index is 12.2. The van der Waals surface area contributed by atoms with Gasteiger partial charge < -0.3 is 9.87 Å². The van der Waals surface area contributed by atoms with Crippen LogP contribution in [-0.4, -0.2) is 22.3 Å². The summed E-state index contributed by atoms with van der Waals surface area (Å²) in [6.07, 6.45) is 0.581. The lowest BCUT2D eigenvalue weighted by Crippen LogP contribution is -2.37. The molecule has 0 saturated heterocycles. The van der Waals surface area contributed by atoms with Crippen LogP contribution >= 0.6 is 12.0 Å². The second-order valence-corrected chi connectivity index (χ2v) is 2.56. The first-order valence-corrected chi connectivity index (χ1v) is 3.80. The van der Waals surface area contributed by atoms with Crippen molar-refractivity contribution < 1.29 is 18.1 Å². The van der Waals surface area contributed by atoms with Gasteiger partial charge in [0.2, 0.25) is 0 Å². The molecule has 2 N–H and O–H groups in total. The summed E-state index contributed by atoms with van der Waals surface area (Å²) in [6, 6.07) is 0. The Morgan fingerprint density at radius 1 is 1.73 bits per heavy atom. The minimum Gasteiger partial charge on any atom is -0.350 e. The summed E-state index contributed by atoms with van der Waals surface area (Å²) in [5, 5.41) is -1.77. The van der Waals surface area contributed by atoms with E-state index >= 15 is 0 Å². The van der Waals surface area contributed by atoms with Gasteiger partial charge in [0.1, 0.15) is 0 Å². The molecule has 0 aromatic carbocycles. The van der Waals surface area contributed by atoms with Crippen molar-refractivity contribution in [3.8, 4) is 0 Å². The van der Waals surface area contributed by atoms with Gasteiger partial charge in [-0.2, -0.15) is 8.78 Å². The molecule has 0 bridgehead atoms. The number of nitrogens with one attached hydrogen (secondary N) is 1. The molecule has 0 saturated carbocycles. The van der Waals surface area contributed by atoms with E-state index in [1.807, 2.05) is 5.32 Å². The molecule has 0 fully saturated rings. The third kappa shape index (κ3) is 3.52. The third-order valence-corrected chi connectivity index (χ3v) is 1.33. The van der Waals surface area contributed by atoms with E-state index in [0.29, 0.717) is 6.42 Å². The molecule has 0 spiro atoms. The number of alkyl halides is 2. The van der Waals surface area contributed by atoms with Gasteiger partial charge in [0.05, 0.1) is 12.0 Å².